The smallest absolute Gasteiger partial charge is 0.189 e. The van der Waals surface area contributed by atoms with Crippen LogP contribution in [0.2, 0.25) is 0 Å². The molecule has 2 fully saturated rings. The van der Waals surface area contributed by atoms with Crippen molar-refractivity contribution in [3.63, 3.8) is 0 Å². The molecule has 2 aliphatic rings. The molecule has 8 N–H and O–H groups in total. The minimum Gasteiger partial charge on any atom is -0.394 e. The maximum Gasteiger partial charge on any atom is 0.189 e. The van der Waals surface area contributed by atoms with E-state index in [0.717, 1.165) is 0 Å². The summed E-state index contributed by atoms with van der Waals surface area (Å²) in [6, 6.07) is -1.59. The van der Waals surface area contributed by atoms with E-state index in [2.05, 4.69) is 10.0 Å². The van der Waals surface area contributed by atoms with E-state index in [1.807, 2.05) is 0 Å². The van der Waals surface area contributed by atoms with Crippen LogP contribution in [0.15, 0.2) is 5.18 Å². The van der Waals surface area contributed by atoms with Gasteiger partial charge in [-0.1, -0.05) is 5.18 Å². The largest absolute Gasteiger partial charge is 0.394 e. The molecule has 0 bridgehead atoms. The van der Waals surface area contributed by atoms with Crippen molar-refractivity contribution in [2.75, 3.05) is 13.2 Å². The van der Waals surface area contributed by atoms with Crippen LogP contribution in [0.3, 0.4) is 0 Å². The summed E-state index contributed by atoms with van der Waals surface area (Å²) in [5.74, 6) is 4.90. The van der Waals surface area contributed by atoms with Gasteiger partial charge < -0.3 is 49.7 Å². The first-order valence-electron chi connectivity index (χ1n) is 7.47. The number of aliphatic hydroxyl groups is 6. The Morgan fingerprint density at radius 3 is 2.04 bits per heavy atom. The predicted octanol–water partition coefficient (Wildman–Crippen LogP) is -4.73. The van der Waals surface area contributed by atoms with E-state index in [1.165, 1.54) is 0 Å². The fourth-order valence-corrected chi connectivity index (χ4v) is 2.69. The van der Waals surface area contributed by atoms with Gasteiger partial charge >= 0.3 is 0 Å². The molecule has 10 atom stereocenters. The van der Waals surface area contributed by atoms with E-state index >= 15 is 0 Å². The Bertz CT molecular complexity index is 441. The molecule has 0 aromatic rings. The zero-order chi connectivity index (χ0) is 18.7. The van der Waals surface area contributed by atoms with E-state index in [0.29, 0.717) is 0 Å². The number of nitroso groups, excluding NO2 is 1. The predicted molar refractivity (Wildman–Crippen MR) is 75.2 cm³/mol. The van der Waals surface area contributed by atoms with Crippen molar-refractivity contribution in [3.05, 3.63) is 4.91 Å². The third kappa shape index (κ3) is 4.12. The van der Waals surface area contributed by atoms with Crippen LogP contribution < -0.4 is 5.90 Å². The normalized spacial score (nSPS) is 48.3. The molecule has 2 rings (SSSR count). The summed E-state index contributed by atoms with van der Waals surface area (Å²) in [5, 5.41) is 61.0. The second-order valence-corrected chi connectivity index (χ2v) is 5.79. The first-order chi connectivity index (χ1) is 11.8. The summed E-state index contributed by atoms with van der Waals surface area (Å²) >= 11 is 0. The van der Waals surface area contributed by atoms with E-state index in [1.54, 1.807) is 0 Å². The lowest BCUT2D eigenvalue weighted by atomic mass is 9.97. The Morgan fingerprint density at radius 1 is 0.880 bits per heavy atom. The molecule has 0 aromatic heterocycles. The highest BCUT2D eigenvalue weighted by Crippen LogP contribution is 2.29. The second-order valence-electron chi connectivity index (χ2n) is 5.79. The highest BCUT2D eigenvalue weighted by molar-refractivity contribution is 4.95. The SMILES string of the molecule is NOCC1O[C@H](O[C@H]2OC(CO)[C@@H](O)[C@@H](O)C2O)[C@@H](N=O)C(O)[C@@H]1O. The summed E-state index contributed by atoms with van der Waals surface area (Å²) in [6.07, 6.45) is -13.9. The molecule has 2 aliphatic heterocycles. The number of rotatable bonds is 6. The fraction of sp³-hybridized carbons (Fsp3) is 1.00. The standard InChI is InChI=1S/C12H22N2O11/c13-22-2-4-7(17)8(18)5(14-21)11(24-4)25-12-10(20)9(19)6(16)3(1-15)23-12/h3-12,15-20H,1-2,13H2/t3?,4?,5-,6+,7+,8?,9+,10?,11+,12+/m0/s1. The zero-order valence-electron chi connectivity index (χ0n) is 12.9. The van der Waals surface area contributed by atoms with Crippen molar-refractivity contribution in [1.82, 2.24) is 0 Å². The van der Waals surface area contributed by atoms with E-state index < -0.39 is 68.0 Å². The van der Waals surface area contributed by atoms with Gasteiger partial charge in [-0.25, -0.2) is 5.90 Å². The van der Waals surface area contributed by atoms with Crippen molar-refractivity contribution in [2.45, 2.75) is 61.3 Å². The summed E-state index contributed by atoms with van der Waals surface area (Å²) in [7, 11) is 0. The van der Waals surface area contributed by atoms with Crippen LogP contribution in [-0.4, -0.2) is 105 Å². The molecule has 0 aromatic carbocycles. The number of nitrogens with zero attached hydrogens (tertiary/aromatic N) is 1. The second kappa shape index (κ2) is 8.70. The lowest BCUT2D eigenvalue weighted by Crippen LogP contribution is -2.63. The van der Waals surface area contributed by atoms with Gasteiger partial charge in [0.15, 0.2) is 18.6 Å². The van der Waals surface area contributed by atoms with Crippen LogP contribution >= 0.6 is 0 Å². The van der Waals surface area contributed by atoms with Gasteiger partial charge in [0.05, 0.1) is 13.2 Å². The molecule has 2 heterocycles. The van der Waals surface area contributed by atoms with Crippen LogP contribution in [0, 0.1) is 4.91 Å². The highest BCUT2D eigenvalue weighted by atomic mass is 16.8. The van der Waals surface area contributed by atoms with Gasteiger partial charge in [-0.3, -0.25) is 0 Å². The van der Waals surface area contributed by atoms with Crippen LogP contribution in [0.1, 0.15) is 0 Å². The van der Waals surface area contributed by atoms with Crippen molar-refractivity contribution in [2.24, 2.45) is 11.1 Å². The number of ether oxygens (including phenoxy) is 3. The maximum absolute atomic E-state index is 11.0. The number of nitrogens with two attached hydrogens (primary N) is 1. The van der Waals surface area contributed by atoms with Gasteiger partial charge in [0.2, 0.25) is 0 Å². The van der Waals surface area contributed by atoms with Gasteiger partial charge in [0, 0.05) is 0 Å². The number of hydrogen-bond donors (Lipinski definition) is 7. The molecule has 25 heavy (non-hydrogen) atoms. The van der Waals surface area contributed by atoms with Gasteiger partial charge in [0.1, 0.15) is 42.7 Å². The summed E-state index contributed by atoms with van der Waals surface area (Å²) in [6.45, 7) is -1.03. The topological polar surface area (TPSA) is 214 Å². The molecular weight excluding hydrogens is 348 g/mol. The molecule has 0 amide bonds. The molecule has 13 nitrogen and oxygen atoms in total. The van der Waals surface area contributed by atoms with Crippen LogP contribution in [0.5, 0.6) is 0 Å². The van der Waals surface area contributed by atoms with Crippen LogP contribution in [0.25, 0.3) is 0 Å². The summed E-state index contributed by atoms with van der Waals surface area (Å²) in [5.41, 5.74) is 0. The van der Waals surface area contributed by atoms with Gasteiger partial charge in [-0.05, 0) is 0 Å². The molecule has 13 heteroatoms. The summed E-state index contributed by atoms with van der Waals surface area (Å²) in [4.78, 5) is 15.3. The molecule has 2 saturated heterocycles. The van der Waals surface area contributed by atoms with Crippen molar-refractivity contribution in [3.8, 4) is 0 Å². The minimum absolute atomic E-state index is 0.349. The first-order valence-corrected chi connectivity index (χ1v) is 7.47. The van der Waals surface area contributed by atoms with Crippen LogP contribution in [0.4, 0.5) is 0 Å². The summed E-state index contributed by atoms with van der Waals surface area (Å²) < 4.78 is 15.7. The lowest BCUT2D eigenvalue weighted by Gasteiger charge is -2.44. The third-order valence-corrected chi connectivity index (χ3v) is 4.17. The van der Waals surface area contributed by atoms with Crippen molar-refractivity contribution < 1.29 is 49.7 Å². The zero-order valence-corrected chi connectivity index (χ0v) is 12.9. The lowest BCUT2D eigenvalue weighted by molar-refractivity contribution is -0.362. The third-order valence-electron chi connectivity index (χ3n) is 4.17. The average molecular weight is 370 g/mol. The van der Waals surface area contributed by atoms with Gasteiger partial charge in [0.25, 0.3) is 0 Å². The number of aliphatic hydroxyl groups excluding tert-OH is 6. The van der Waals surface area contributed by atoms with Gasteiger partial charge in [-0.2, -0.15) is 4.91 Å². The van der Waals surface area contributed by atoms with Gasteiger partial charge in [-0.15, -0.1) is 0 Å². The minimum atomic E-state index is -1.75. The fourth-order valence-electron chi connectivity index (χ4n) is 2.69. The Labute approximate surface area is 141 Å². The molecule has 146 valence electrons. The monoisotopic (exact) mass is 370 g/mol. The molecule has 0 aliphatic carbocycles. The van der Waals surface area contributed by atoms with Crippen molar-refractivity contribution >= 4 is 0 Å². The van der Waals surface area contributed by atoms with E-state index in [9.17, 15) is 30.4 Å². The van der Waals surface area contributed by atoms with E-state index in [-0.39, 0.29) is 6.61 Å². The average Bonchev–Trinajstić information content (AvgIpc) is 2.60. The number of hydrogen-bond acceptors (Lipinski definition) is 13. The Balaban J connectivity index is 2.13. The van der Waals surface area contributed by atoms with Crippen LogP contribution in [-0.2, 0) is 19.0 Å². The molecular formula is C12H22N2O11. The molecule has 4 unspecified atom stereocenters. The highest BCUT2D eigenvalue weighted by Gasteiger charge is 2.50. The van der Waals surface area contributed by atoms with E-state index in [4.69, 9.17) is 25.2 Å². The quantitative estimate of drug-likeness (QED) is 0.173. The Hall–Kier alpha value is -0.840. The maximum atomic E-state index is 11.0. The Kier molecular flexibility index (Phi) is 7.12. The molecule has 0 radical (unpaired) electrons. The molecule has 0 spiro atoms. The first kappa shape index (κ1) is 20.5. The Morgan fingerprint density at radius 2 is 1.48 bits per heavy atom. The molecule has 0 saturated carbocycles. The van der Waals surface area contributed by atoms with Crippen molar-refractivity contribution in [1.29, 1.82) is 0 Å².